The molecule has 0 heterocycles. The van der Waals surface area contributed by atoms with Gasteiger partial charge >= 0.3 is 0 Å². The van der Waals surface area contributed by atoms with Crippen molar-refractivity contribution in [2.45, 2.75) is 64.5 Å². The summed E-state index contributed by atoms with van der Waals surface area (Å²) < 4.78 is 0. The van der Waals surface area contributed by atoms with E-state index in [0.29, 0.717) is 5.92 Å². The molecule has 102 valence electrons. The van der Waals surface area contributed by atoms with Crippen molar-refractivity contribution in [2.75, 3.05) is 6.61 Å². The maximum atomic E-state index is 10.2. The average Bonchev–Trinajstić information content (AvgIpc) is 2.30. The van der Waals surface area contributed by atoms with Crippen LogP contribution in [0.15, 0.2) is 0 Å². The second-order valence-electron chi connectivity index (χ2n) is 5.98. The van der Waals surface area contributed by atoms with Gasteiger partial charge < -0.3 is 15.9 Å². The zero-order chi connectivity index (χ0) is 12.8. The number of rotatable bonds is 6. The molecule has 0 unspecified atom stereocenters. The second kappa shape index (κ2) is 7.34. The molecule has 0 bridgehead atoms. The second-order valence-corrected chi connectivity index (χ2v) is 5.98. The third-order valence-electron chi connectivity index (χ3n) is 4.27. The SMILES string of the molecule is CC(C)[C@@H](CO)[C@H](O)[C@@H](N)CC1CCCCC1. The number of aliphatic hydroxyl groups excluding tert-OH is 2. The van der Waals surface area contributed by atoms with Crippen molar-refractivity contribution in [3.05, 3.63) is 0 Å². The fourth-order valence-electron chi connectivity index (χ4n) is 2.98. The highest BCUT2D eigenvalue weighted by Crippen LogP contribution is 2.29. The number of aliphatic hydroxyl groups is 2. The van der Waals surface area contributed by atoms with E-state index in [4.69, 9.17) is 5.73 Å². The summed E-state index contributed by atoms with van der Waals surface area (Å²) in [5, 5.41) is 19.5. The lowest BCUT2D eigenvalue weighted by Crippen LogP contribution is -2.44. The van der Waals surface area contributed by atoms with Gasteiger partial charge in [0.05, 0.1) is 6.10 Å². The Morgan fingerprint density at radius 3 is 2.24 bits per heavy atom. The fraction of sp³-hybridized carbons (Fsp3) is 1.00. The molecule has 1 rings (SSSR count). The van der Waals surface area contributed by atoms with E-state index in [9.17, 15) is 10.2 Å². The van der Waals surface area contributed by atoms with E-state index in [1.807, 2.05) is 13.8 Å². The highest BCUT2D eigenvalue weighted by atomic mass is 16.3. The van der Waals surface area contributed by atoms with Crippen molar-refractivity contribution in [2.24, 2.45) is 23.5 Å². The van der Waals surface area contributed by atoms with Gasteiger partial charge in [0.25, 0.3) is 0 Å². The van der Waals surface area contributed by atoms with Crippen molar-refractivity contribution >= 4 is 0 Å². The molecule has 1 saturated carbocycles. The average molecular weight is 243 g/mol. The molecule has 1 aliphatic rings. The molecule has 0 radical (unpaired) electrons. The van der Waals surface area contributed by atoms with E-state index in [2.05, 4.69) is 0 Å². The van der Waals surface area contributed by atoms with Crippen molar-refractivity contribution < 1.29 is 10.2 Å². The zero-order valence-electron chi connectivity index (χ0n) is 11.3. The first kappa shape index (κ1) is 14.9. The molecular formula is C14H29NO2. The van der Waals surface area contributed by atoms with Crippen LogP contribution in [0.5, 0.6) is 0 Å². The van der Waals surface area contributed by atoms with E-state index in [1.54, 1.807) is 0 Å². The van der Waals surface area contributed by atoms with Crippen molar-refractivity contribution in [3.63, 3.8) is 0 Å². The van der Waals surface area contributed by atoms with Crippen LogP contribution in [0.2, 0.25) is 0 Å². The monoisotopic (exact) mass is 243 g/mol. The largest absolute Gasteiger partial charge is 0.396 e. The molecule has 4 N–H and O–H groups in total. The lowest BCUT2D eigenvalue weighted by Gasteiger charge is -2.32. The Morgan fingerprint density at radius 2 is 1.76 bits per heavy atom. The Hall–Kier alpha value is -0.120. The van der Waals surface area contributed by atoms with Crippen LogP contribution in [0.25, 0.3) is 0 Å². The molecular weight excluding hydrogens is 214 g/mol. The maximum Gasteiger partial charge on any atom is 0.0743 e. The Kier molecular flexibility index (Phi) is 6.45. The fourth-order valence-corrected chi connectivity index (χ4v) is 2.98. The standard InChI is InChI=1S/C14H29NO2/c1-10(2)12(9-16)14(17)13(15)8-11-6-4-3-5-7-11/h10-14,16-17H,3-9,15H2,1-2H3/t12-,13+,14+/m1/s1. The Labute approximate surface area is 105 Å². The van der Waals surface area contributed by atoms with Gasteiger partial charge in [-0.3, -0.25) is 0 Å². The van der Waals surface area contributed by atoms with Gasteiger partial charge in [-0.25, -0.2) is 0 Å². The van der Waals surface area contributed by atoms with Gasteiger partial charge in [-0.1, -0.05) is 46.0 Å². The molecule has 0 aromatic heterocycles. The Bertz CT molecular complexity index is 202. The van der Waals surface area contributed by atoms with Crippen molar-refractivity contribution in [3.8, 4) is 0 Å². The van der Waals surface area contributed by atoms with Crippen LogP contribution in [-0.4, -0.2) is 29.0 Å². The van der Waals surface area contributed by atoms with E-state index in [0.717, 1.165) is 6.42 Å². The van der Waals surface area contributed by atoms with E-state index >= 15 is 0 Å². The zero-order valence-corrected chi connectivity index (χ0v) is 11.3. The molecule has 0 saturated heterocycles. The van der Waals surface area contributed by atoms with Gasteiger partial charge in [0, 0.05) is 18.6 Å². The predicted molar refractivity (Wildman–Crippen MR) is 70.6 cm³/mol. The highest BCUT2D eigenvalue weighted by Gasteiger charge is 2.29. The third-order valence-corrected chi connectivity index (χ3v) is 4.27. The lowest BCUT2D eigenvalue weighted by molar-refractivity contribution is 0.0178. The van der Waals surface area contributed by atoms with Gasteiger partial charge in [0.15, 0.2) is 0 Å². The molecule has 0 aliphatic heterocycles. The molecule has 3 nitrogen and oxygen atoms in total. The van der Waals surface area contributed by atoms with Crippen LogP contribution in [0.3, 0.4) is 0 Å². The highest BCUT2D eigenvalue weighted by molar-refractivity contribution is 4.83. The minimum Gasteiger partial charge on any atom is -0.396 e. The van der Waals surface area contributed by atoms with Gasteiger partial charge in [0.1, 0.15) is 0 Å². The van der Waals surface area contributed by atoms with E-state index in [1.165, 1.54) is 32.1 Å². The number of hydrogen-bond donors (Lipinski definition) is 3. The van der Waals surface area contributed by atoms with Gasteiger partial charge in [-0.2, -0.15) is 0 Å². The first-order chi connectivity index (χ1) is 8.06. The normalized spacial score (nSPS) is 23.6. The quantitative estimate of drug-likeness (QED) is 0.667. The molecule has 0 amide bonds. The third kappa shape index (κ3) is 4.57. The van der Waals surface area contributed by atoms with Crippen LogP contribution in [0.1, 0.15) is 52.4 Å². The molecule has 17 heavy (non-hydrogen) atoms. The van der Waals surface area contributed by atoms with Crippen molar-refractivity contribution in [1.29, 1.82) is 0 Å². The Morgan fingerprint density at radius 1 is 1.18 bits per heavy atom. The summed E-state index contributed by atoms with van der Waals surface area (Å²) in [5.74, 6) is 0.862. The summed E-state index contributed by atoms with van der Waals surface area (Å²) in [7, 11) is 0. The van der Waals surface area contributed by atoms with E-state index < -0.39 is 6.10 Å². The molecule has 1 fully saturated rings. The van der Waals surface area contributed by atoms with Crippen LogP contribution in [-0.2, 0) is 0 Å². The maximum absolute atomic E-state index is 10.2. The summed E-state index contributed by atoms with van der Waals surface area (Å²) in [5.41, 5.74) is 6.10. The van der Waals surface area contributed by atoms with Crippen molar-refractivity contribution in [1.82, 2.24) is 0 Å². The first-order valence-corrected chi connectivity index (χ1v) is 7.10. The van der Waals surface area contributed by atoms with Crippen LogP contribution in [0, 0.1) is 17.8 Å². The van der Waals surface area contributed by atoms with Crippen LogP contribution in [0.4, 0.5) is 0 Å². The Balaban J connectivity index is 2.41. The molecule has 0 spiro atoms. The molecule has 0 aromatic rings. The first-order valence-electron chi connectivity index (χ1n) is 7.10. The minimum atomic E-state index is -0.568. The smallest absolute Gasteiger partial charge is 0.0743 e. The summed E-state index contributed by atoms with van der Waals surface area (Å²) in [6.07, 6.45) is 6.81. The summed E-state index contributed by atoms with van der Waals surface area (Å²) in [6.45, 7) is 4.08. The molecule has 1 aliphatic carbocycles. The lowest BCUT2D eigenvalue weighted by atomic mass is 9.80. The minimum absolute atomic E-state index is 0.0250. The van der Waals surface area contributed by atoms with E-state index in [-0.39, 0.29) is 24.5 Å². The summed E-state index contributed by atoms with van der Waals surface area (Å²) in [6, 6.07) is -0.183. The van der Waals surface area contributed by atoms with Gasteiger partial charge in [-0.05, 0) is 18.3 Å². The van der Waals surface area contributed by atoms with Crippen LogP contribution >= 0.6 is 0 Å². The summed E-state index contributed by atoms with van der Waals surface area (Å²) in [4.78, 5) is 0. The number of hydrogen-bond acceptors (Lipinski definition) is 3. The topological polar surface area (TPSA) is 66.5 Å². The van der Waals surface area contributed by atoms with Gasteiger partial charge in [-0.15, -0.1) is 0 Å². The number of nitrogens with two attached hydrogens (primary N) is 1. The van der Waals surface area contributed by atoms with Crippen LogP contribution < -0.4 is 5.73 Å². The summed E-state index contributed by atoms with van der Waals surface area (Å²) >= 11 is 0. The van der Waals surface area contributed by atoms with Gasteiger partial charge in [0.2, 0.25) is 0 Å². The molecule has 0 aromatic carbocycles. The molecule has 3 atom stereocenters. The molecule has 3 heteroatoms. The predicted octanol–water partition coefficient (Wildman–Crippen LogP) is 1.91.